The highest BCUT2D eigenvalue weighted by Crippen LogP contribution is 2.38. The first-order valence-corrected chi connectivity index (χ1v) is 12.4. The molecule has 1 aromatic carbocycles. The summed E-state index contributed by atoms with van der Waals surface area (Å²) in [4.78, 5) is 30.3. The van der Waals surface area contributed by atoms with Gasteiger partial charge in [0.15, 0.2) is 0 Å². The predicted molar refractivity (Wildman–Crippen MR) is 128 cm³/mol. The van der Waals surface area contributed by atoms with Crippen LogP contribution in [0.2, 0.25) is 5.02 Å². The lowest BCUT2D eigenvalue weighted by Crippen LogP contribution is -2.65. The number of morpholine rings is 1. The molecule has 0 aliphatic carbocycles. The van der Waals surface area contributed by atoms with Gasteiger partial charge in [-0.25, -0.2) is 4.79 Å². The largest absolute Gasteiger partial charge is 0.485 e. The fraction of sp³-hybridized carbons (Fsp3) is 0.667. The van der Waals surface area contributed by atoms with Crippen LogP contribution in [0.25, 0.3) is 0 Å². The number of hydrogen-bond acceptors (Lipinski definition) is 6. The monoisotopic (exact) mass is 492 g/mol. The van der Waals surface area contributed by atoms with Gasteiger partial charge in [0, 0.05) is 26.2 Å². The Bertz CT molecular complexity index is 942. The molecule has 2 atom stereocenters. The van der Waals surface area contributed by atoms with Gasteiger partial charge in [0.2, 0.25) is 5.91 Å². The molecule has 0 saturated carbocycles. The topological polar surface area (TPSA) is 83.6 Å². The van der Waals surface area contributed by atoms with Gasteiger partial charge in [-0.1, -0.05) is 17.7 Å². The number of nitrogens with one attached hydrogen (secondary N) is 1. The Morgan fingerprint density at radius 3 is 2.62 bits per heavy atom. The number of hydrogen-bond donors (Lipinski definition) is 1. The Labute approximate surface area is 205 Å². The summed E-state index contributed by atoms with van der Waals surface area (Å²) in [5, 5.41) is 3.53. The Morgan fingerprint density at radius 2 is 1.88 bits per heavy atom. The zero-order valence-electron chi connectivity index (χ0n) is 20.0. The second kappa shape index (κ2) is 9.09. The molecule has 10 heteroatoms. The number of likely N-dealkylation sites (tertiary alicyclic amines) is 2. The lowest BCUT2D eigenvalue weighted by atomic mass is 10.0. The van der Waals surface area contributed by atoms with Crippen LogP contribution in [0.4, 0.5) is 10.5 Å². The molecule has 4 aliphatic heterocycles. The van der Waals surface area contributed by atoms with Gasteiger partial charge in [-0.3, -0.25) is 4.79 Å². The third kappa shape index (κ3) is 4.92. The van der Waals surface area contributed by atoms with Crippen molar-refractivity contribution in [3.63, 3.8) is 0 Å². The fourth-order valence-electron chi connectivity index (χ4n) is 4.97. The van der Waals surface area contributed by atoms with E-state index >= 15 is 0 Å². The van der Waals surface area contributed by atoms with Crippen LogP contribution in [-0.4, -0.2) is 97.6 Å². The number of anilines is 1. The van der Waals surface area contributed by atoms with Crippen molar-refractivity contribution >= 4 is 29.2 Å². The van der Waals surface area contributed by atoms with Crippen molar-refractivity contribution in [1.29, 1.82) is 0 Å². The minimum absolute atomic E-state index is 0.00893. The molecule has 0 bridgehead atoms. The van der Waals surface area contributed by atoms with E-state index in [0.29, 0.717) is 37.0 Å². The molecule has 9 nitrogen and oxygen atoms in total. The molecular weight excluding hydrogens is 460 g/mol. The fourth-order valence-corrected chi connectivity index (χ4v) is 5.26. The summed E-state index contributed by atoms with van der Waals surface area (Å²) in [5.41, 5.74) is 0.785. The van der Waals surface area contributed by atoms with E-state index in [1.807, 2.05) is 18.2 Å². The molecule has 0 spiro atoms. The van der Waals surface area contributed by atoms with Crippen LogP contribution in [0, 0.1) is 0 Å². The molecule has 34 heavy (non-hydrogen) atoms. The van der Waals surface area contributed by atoms with Gasteiger partial charge in [0.05, 0.1) is 42.6 Å². The minimum atomic E-state index is -0.160. The summed E-state index contributed by atoms with van der Waals surface area (Å²) in [7, 11) is 0. The van der Waals surface area contributed by atoms with Crippen molar-refractivity contribution in [1.82, 2.24) is 15.1 Å². The second-order valence-corrected chi connectivity index (χ2v) is 10.9. The average Bonchev–Trinajstić information content (AvgIpc) is 2.72. The molecule has 1 N–H and O–H groups in total. The molecule has 4 heterocycles. The zero-order chi connectivity index (χ0) is 24.0. The van der Waals surface area contributed by atoms with Crippen LogP contribution < -0.4 is 15.0 Å². The summed E-state index contributed by atoms with van der Waals surface area (Å²) >= 11 is 6.68. The van der Waals surface area contributed by atoms with Gasteiger partial charge in [0.1, 0.15) is 23.5 Å². The normalized spacial score (nSPS) is 25.9. The zero-order valence-corrected chi connectivity index (χ0v) is 20.7. The second-order valence-electron chi connectivity index (χ2n) is 10.5. The maximum absolute atomic E-state index is 12.9. The van der Waals surface area contributed by atoms with Crippen molar-refractivity contribution in [2.75, 3.05) is 50.8 Å². The highest BCUT2D eigenvalue weighted by Gasteiger charge is 2.41. The van der Waals surface area contributed by atoms with Crippen LogP contribution in [0.15, 0.2) is 18.2 Å². The number of carbonyl (C=O) groups excluding carboxylic acids is 2. The third-order valence-electron chi connectivity index (χ3n) is 6.66. The van der Waals surface area contributed by atoms with Crippen molar-refractivity contribution in [3.05, 3.63) is 23.2 Å². The maximum atomic E-state index is 12.9. The van der Waals surface area contributed by atoms with E-state index in [1.54, 1.807) is 9.80 Å². The summed E-state index contributed by atoms with van der Waals surface area (Å²) in [6, 6.07) is 5.65. The Balaban J connectivity index is 1.11. The molecule has 2 unspecified atom stereocenters. The van der Waals surface area contributed by atoms with Crippen LogP contribution in [0.1, 0.15) is 27.2 Å². The summed E-state index contributed by atoms with van der Waals surface area (Å²) in [6.45, 7) is 10.0. The van der Waals surface area contributed by atoms with Crippen molar-refractivity contribution in [3.8, 4) is 5.75 Å². The van der Waals surface area contributed by atoms with Gasteiger partial charge >= 0.3 is 6.03 Å². The first-order chi connectivity index (χ1) is 16.2. The Morgan fingerprint density at radius 1 is 1.12 bits per heavy atom. The molecule has 5 rings (SSSR count). The van der Waals surface area contributed by atoms with E-state index in [4.69, 9.17) is 25.8 Å². The molecule has 1 aromatic rings. The van der Waals surface area contributed by atoms with Crippen molar-refractivity contribution in [2.45, 2.75) is 57.1 Å². The number of piperidine rings is 1. The highest BCUT2D eigenvalue weighted by molar-refractivity contribution is 6.34. The molecule has 186 valence electrons. The molecular formula is C24H33ClN4O5. The number of fused-ring (bicyclic) bond motifs is 1. The number of carbonyl (C=O) groups is 2. The quantitative estimate of drug-likeness (QED) is 0.693. The van der Waals surface area contributed by atoms with Crippen LogP contribution in [-0.2, 0) is 14.3 Å². The van der Waals surface area contributed by atoms with E-state index in [1.165, 1.54) is 0 Å². The summed E-state index contributed by atoms with van der Waals surface area (Å²) in [6.07, 6.45) is 0.821. The molecule has 0 aromatic heterocycles. The molecule has 0 radical (unpaired) electrons. The van der Waals surface area contributed by atoms with Crippen molar-refractivity contribution < 1.29 is 23.8 Å². The van der Waals surface area contributed by atoms with E-state index in [-0.39, 0.29) is 48.5 Å². The van der Waals surface area contributed by atoms with Gasteiger partial charge in [-0.05, 0) is 39.3 Å². The van der Waals surface area contributed by atoms with Gasteiger partial charge in [-0.15, -0.1) is 0 Å². The maximum Gasteiger partial charge on any atom is 0.320 e. The van der Waals surface area contributed by atoms with E-state index in [9.17, 15) is 9.59 Å². The number of ether oxygens (including phenoxy) is 3. The molecule has 4 fully saturated rings. The number of amides is 3. The summed E-state index contributed by atoms with van der Waals surface area (Å²) in [5.74, 6) is 0.516. The third-order valence-corrected chi connectivity index (χ3v) is 7.04. The first kappa shape index (κ1) is 23.5. The van der Waals surface area contributed by atoms with Gasteiger partial charge in [0.25, 0.3) is 0 Å². The predicted octanol–water partition coefficient (Wildman–Crippen LogP) is 2.12. The van der Waals surface area contributed by atoms with Crippen LogP contribution in [0.5, 0.6) is 5.75 Å². The average molecular weight is 493 g/mol. The standard InChI is InChI=1S/C24H33ClN4O5/c1-24(2,3)34-16-11-28(12-16)18-5-4-6-20(22(18)25)33-15-9-29(10-15)23(31)27-8-7-19-17(13-27)26-21(30)14-32-19/h4-6,15-17,19H,7-14H2,1-3H3,(H,26,30). The number of halogens is 1. The molecule has 4 aliphatic rings. The number of benzene rings is 1. The van der Waals surface area contributed by atoms with Gasteiger partial charge in [-0.2, -0.15) is 0 Å². The Kier molecular flexibility index (Phi) is 6.29. The smallest absolute Gasteiger partial charge is 0.320 e. The lowest BCUT2D eigenvalue weighted by Gasteiger charge is -2.46. The lowest BCUT2D eigenvalue weighted by molar-refractivity contribution is -0.139. The SMILES string of the molecule is CC(C)(C)OC1CN(c2cccc(OC3CN(C(=O)N4CCC5OCC(=O)NC5C4)C3)c2Cl)C1. The highest BCUT2D eigenvalue weighted by atomic mass is 35.5. The van der Waals surface area contributed by atoms with Crippen LogP contribution in [0.3, 0.4) is 0 Å². The number of nitrogens with zero attached hydrogens (tertiary/aromatic N) is 3. The first-order valence-electron chi connectivity index (χ1n) is 12.0. The van der Waals surface area contributed by atoms with E-state index in [2.05, 4.69) is 31.0 Å². The molecule has 3 amide bonds. The summed E-state index contributed by atoms with van der Waals surface area (Å²) < 4.78 is 17.7. The minimum Gasteiger partial charge on any atom is -0.485 e. The number of urea groups is 1. The van der Waals surface area contributed by atoms with E-state index < -0.39 is 0 Å². The van der Waals surface area contributed by atoms with Crippen LogP contribution >= 0.6 is 11.6 Å². The molecule has 4 saturated heterocycles. The Hall–Kier alpha value is -2.23. The van der Waals surface area contributed by atoms with E-state index in [0.717, 1.165) is 25.2 Å². The number of rotatable bonds is 4. The van der Waals surface area contributed by atoms with Gasteiger partial charge < -0.3 is 34.2 Å². The van der Waals surface area contributed by atoms with Crippen molar-refractivity contribution in [2.24, 2.45) is 0 Å².